The Morgan fingerprint density at radius 1 is 1.45 bits per heavy atom. The number of nitrogens with zero attached hydrogens (tertiary/aromatic N) is 4. The Bertz CT molecular complexity index is 456. The van der Waals surface area contributed by atoms with E-state index in [1.54, 1.807) is 31.3 Å². The summed E-state index contributed by atoms with van der Waals surface area (Å²) in [7, 11) is 3.59. The second-order valence-electron chi connectivity index (χ2n) is 5.43. The van der Waals surface area contributed by atoms with Crippen molar-refractivity contribution in [1.82, 2.24) is 14.9 Å². The molecular weight excluding hydrogens is 256 g/mol. The van der Waals surface area contributed by atoms with Crippen LogP contribution in [-0.4, -0.2) is 53.1 Å². The Morgan fingerprint density at radius 2 is 2.15 bits per heavy atom. The van der Waals surface area contributed by atoms with Crippen molar-refractivity contribution in [2.75, 3.05) is 32.1 Å². The van der Waals surface area contributed by atoms with Crippen LogP contribution in [0.15, 0.2) is 12.3 Å². The molecule has 0 aliphatic carbocycles. The summed E-state index contributed by atoms with van der Waals surface area (Å²) in [6.45, 7) is 1.66. The quantitative estimate of drug-likeness (QED) is 0.876. The van der Waals surface area contributed by atoms with Crippen LogP contribution in [0.1, 0.15) is 25.0 Å². The van der Waals surface area contributed by atoms with Gasteiger partial charge < -0.3 is 14.9 Å². The molecule has 1 amide bonds. The van der Waals surface area contributed by atoms with Crippen LogP contribution in [0, 0.1) is 5.92 Å². The number of hydrogen-bond acceptors (Lipinski definition) is 5. The van der Waals surface area contributed by atoms with Gasteiger partial charge in [0.05, 0.1) is 12.3 Å². The van der Waals surface area contributed by atoms with Gasteiger partial charge in [-0.1, -0.05) is 0 Å². The van der Waals surface area contributed by atoms with E-state index in [0.29, 0.717) is 24.0 Å². The zero-order valence-corrected chi connectivity index (χ0v) is 12.1. The van der Waals surface area contributed by atoms with E-state index >= 15 is 0 Å². The average molecular weight is 278 g/mol. The van der Waals surface area contributed by atoms with E-state index in [4.69, 9.17) is 5.11 Å². The van der Waals surface area contributed by atoms with Crippen molar-refractivity contribution in [3.63, 3.8) is 0 Å². The molecule has 0 unspecified atom stereocenters. The normalized spacial score (nSPS) is 16.2. The number of carbonyl (C=O) groups is 1. The molecule has 2 rings (SSSR count). The first kappa shape index (κ1) is 14.7. The minimum atomic E-state index is -0.0661. The molecule has 1 saturated heterocycles. The molecule has 0 atom stereocenters. The lowest BCUT2D eigenvalue weighted by Crippen LogP contribution is -2.36. The van der Waals surface area contributed by atoms with Crippen LogP contribution in [0.4, 0.5) is 5.95 Å². The van der Waals surface area contributed by atoms with Gasteiger partial charge in [0.25, 0.3) is 0 Å². The maximum atomic E-state index is 11.7. The molecule has 0 spiro atoms. The number of aromatic nitrogens is 2. The van der Waals surface area contributed by atoms with Crippen LogP contribution in [0.3, 0.4) is 0 Å². The second-order valence-corrected chi connectivity index (χ2v) is 5.43. The van der Waals surface area contributed by atoms with Crippen molar-refractivity contribution in [1.29, 1.82) is 0 Å². The van der Waals surface area contributed by atoms with Crippen LogP contribution in [-0.2, 0) is 11.4 Å². The Kier molecular flexibility index (Phi) is 4.89. The summed E-state index contributed by atoms with van der Waals surface area (Å²) in [5.41, 5.74) is 0.639. The van der Waals surface area contributed by atoms with Gasteiger partial charge in [-0.15, -0.1) is 0 Å². The molecule has 6 heteroatoms. The van der Waals surface area contributed by atoms with Crippen molar-refractivity contribution < 1.29 is 9.90 Å². The highest BCUT2D eigenvalue weighted by molar-refractivity contribution is 5.75. The van der Waals surface area contributed by atoms with E-state index < -0.39 is 0 Å². The number of aliphatic hydroxyl groups is 1. The summed E-state index contributed by atoms with van der Waals surface area (Å²) in [6.07, 6.45) is 4.26. The summed E-state index contributed by atoms with van der Waals surface area (Å²) >= 11 is 0. The second kappa shape index (κ2) is 6.65. The zero-order chi connectivity index (χ0) is 14.5. The number of rotatable bonds is 4. The van der Waals surface area contributed by atoms with Crippen molar-refractivity contribution in [2.45, 2.75) is 25.9 Å². The molecule has 20 heavy (non-hydrogen) atoms. The first-order chi connectivity index (χ1) is 9.60. The Morgan fingerprint density at radius 3 is 2.75 bits per heavy atom. The van der Waals surface area contributed by atoms with E-state index in [1.807, 2.05) is 0 Å². The van der Waals surface area contributed by atoms with E-state index in [1.165, 1.54) is 0 Å². The largest absolute Gasteiger partial charge is 0.390 e. The molecule has 0 bridgehead atoms. The predicted molar refractivity (Wildman–Crippen MR) is 76.2 cm³/mol. The fourth-order valence-corrected chi connectivity index (χ4v) is 2.39. The minimum absolute atomic E-state index is 0.0661. The highest BCUT2D eigenvalue weighted by Crippen LogP contribution is 2.23. The van der Waals surface area contributed by atoms with E-state index in [2.05, 4.69) is 14.9 Å². The van der Waals surface area contributed by atoms with Crippen LogP contribution in [0.2, 0.25) is 0 Å². The van der Waals surface area contributed by atoms with Crippen molar-refractivity contribution in [3.8, 4) is 0 Å². The average Bonchev–Trinajstić information content (AvgIpc) is 2.48. The molecule has 1 fully saturated rings. The Labute approximate surface area is 119 Å². The summed E-state index contributed by atoms with van der Waals surface area (Å²) < 4.78 is 0. The molecule has 0 saturated carbocycles. The third kappa shape index (κ3) is 3.66. The van der Waals surface area contributed by atoms with Crippen LogP contribution >= 0.6 is 0 Å². The third-order valence-electron chi connectivity index (χ3n) is 3.72. The van der Waals surface area contributed by atoms with Crippen LogP contribution < -0.4 is 4.90 Å². The number of carbonyl (C=O) groups excluding carboxylic acids is 1. The fourth-order valence-electron chi connectivity index (χ4n) is 2.39. The molecule has 0 radical (unpaired) electrons. The number of piperidine rings is 1. The van der Waals surface area contributed by atoms with Gasteiger partial charge in [0.2, 0.25) is 11.9 Å². The van der Waals surface area contributed by atoms with Crippen LogP contribution in [0.5, 0.6) is 0 Å². The third-order valence-corrected chi connectivity index (χ3v) is 3.72. The maximum absolute atomic E-state index is 11.7. The lowest BCUT2D eigenvalue weighted by atomic mass is 9.93. The number of anilines is 1. The predicted octanol–water partition coefficient (Wildman–Crippen LogP) is 0.664. The molecule has 110 valence electrons. The van der Waals surface area contributed by atoms with Crippen molar-refractivity contribution in [2.24, 2.45) is 5.92 Å². The lowest BCUT2D eigenvalue weighted by Gasteiger charge is -2.32. The van der Waals surface area contributed by atoms with Gasteiger partial charge in [0.1, 0.15) is 0 Å². The lowest BCUT2D eigenvalue weighted by molar-refractivity contribution is -0.129. The molecule has 1 N–H and O–H groups in total. The van der Waals surface area contributed by atoms with Crippen LogP contribution in [0.25, 0.3) is 0 Å². The molecule has 1 aliphatic rings. The minimum Gasteiger partial charge on any atom is -0.390 e. The van der Waals surface area contributed by atoms with Gasteiger partial charge in [-0.2, -0.15) is 0 Å². The van der Waals surface area contributed by atoms with Crippen molar-refractivity contribution in [3.05, 3.63) is 18.0 Å². The van der Waals surface area contributed by atoms with E-state index in [9.17, 15) is 4.79 Å². The standard InChI is InChI=1S/C14H22N4O2/c1-17(2)13(20)9-11-4-7-18(8-5-11)14-15-6-3-12(10-19)16-14/h3,6,11,19H,4-5,7-10H2,1-2H3. The molecule has 2 heterocycles. The smallest absolute Gasteiger partial charge is 0.225 e. The van der Waals surface area contributed by atoms with Gasteiger partial charge in [0, 0.05) is 39.8 Å². The van der Waals surface area contributed by atoms with E-state index in [0.717, 1.165) is 25.9 Å². The SMILES string of the molecule is CN(C)C(=O)CC1CCN(c2nccc(CO)n2)CC1. The maximum Gasteiger partial charge on any atom is 0.225 e. The molecule has 1 aromatic heterocycles. The molecular formula is C14H22N4O2. The van der Waals surface area contributed by atoms with Gasteiger partial charge in [-0.05, 0) is 24.8 Å². The first-order valence-electron chi connectivity index (χ1n) is 6.98. The van der Waals surface area contributed by atoms with Crippen molar-refractivity contribution >= 4 is 11.9 Å². The van der Waals surface area contributed by atoms with Gasteiger partial charge in [-0.3, -0.25) is 4.79 Å². The van der Waals surface area contributed by atoms with Gasteiger partial charge >= 0.3 is 0 Å². The molecule has 1 aliphatic heterocycles. The topological polar surface area (TPSA) is 69.6 Å². The zero-order valence-electron chi connectivity index (χ0n) is 12.1. The number of amides is 1. The first-order valence-corrected chi connectivity index (χ1v) is 6.98. The number of hydrogen-bond donors (Lipinski definition) is 1. The summed E-state index contributed by atoms with van der Waals surface area (Å²) in [5, 5.41) is 9.10. The van der Waals surface area contributed by atoms with E-state index in [-0.39, 0.29) is 12.5 Å². The van der Waals surface area contributed by atoms with Gasteiger partial charge in [0.15, 0.2) is 0 Å². The highest BCUT2D eigenvalue weighted by atomic mass is 16.3. The summed E-state index contributed by atoms with van der Waals surface area (Å²) in [4.78, 5) is 24.1. The Balaban J connectivity index is 1.89. The summed E-state index contributed by atoms with van der Waals surface area (Å²) in [5.74, 6) is 1.32. The van der Waals surface area contributed by atoms with Gasteiger partial charge in [-0.25, -0.2) is 9.97 Å². The molecule has 0 aromatic carbocycles. The Hall–Kier alpha value is -1.69. The fraction of sp³-hybridized carbons (Fsp3) is 0.643. The molecule has 6 nitrogen and oxygen atoms in total. The highest BCUT2D eigenvalue weighted by Gasteiger charge is 2.23. The molecule has 1 aromatic rings. The number of aliphatic hydroxyl groups excluding tert-OH is 1. The summed E-state index contributed by atoms with van der Waals surface area (Å²) in [6, 6.07) is 1.71. The monoisotopic (exact) mass is 278 g/mol.